The van der Waals surface area contributed by atoms with Crippen molar-refractivity contribution in [1.82, 2.24) is 3.97 Å². The fraction of sp³-hybridized carbons (Fsp3) is 0.182. The van der Waals surface area contributed by atoms with Crippen LogP contribution in [0.15, 0.2) is 59.5 Å². The number of benzene rings is 2. The van der Waals surface area contributed by atoms with Gasteiger partial charge in [0.2, 0.25) is 0 Å². The summed E-state index contributed by atoms with van der Waals surface area (Å²) in [4.78, 5) is 0.226. The maximum atomic E-state index is 12.9. The summed E-state index contributed by atoms with van der Waals surface area (Å²) in [7, 11) is -3.62. The molecule has 0 radical (unpaired) electrons. The Hall–Kier alpha value is -2.68. The van der Waals surface area contributed by atoms with E-state index in [0.717, 1.165) is 5.56 Å². The molecule has 28 heavy (non-hydrogen) atoms. The van der Waals surface area contributed by atoms with Crippen molar-refractivity contribution in [2.24, 2.45) is 0 Å². The van der Waals surface area contributed by atoms with Crippen LogP contribution < -0.4 is 4.74 Å². The Balaban J connectivity index is 1.85. The average Bonchev–Trinajstić information content (AvgIpc) is 3.01. The molecule has 0 aliphatic heterocycles. The van der Waals surface area contributed by atoms with Crippen LogP contribution in [0.5, 0.6) is 5.75 Å². The molecule has 1 aromatic heterocycles. The Morgan fingerprint density at radius 2 is 1.50 bits per heavy atom. The first kappa shape index (κ1) is 20.1. The Bertz CT molecular complexity index is 1150. The van der Waals surface area contributed by atoms with Gasteiger partial charge in [0, 0.05) is 22.5 Å². The van der Waals surface area contributed by atoms with Crippen LogP contribution in [-0.4, -0.2) is 19.0 Å². The van der Waals surface area contributed by atoms with Crippen molar-refractivity contribution in [2.75, 3.05) is 6.61 Å². The van der Waals surface area contributed by atoms with Crippen molar-refractivity contribution in [3.8, 4) is 17.6 Å². The van der Waals surface area contributed by atoms with Gasteiger partial charge in [-0.05, 0) is 75.4 Å². The molecular formula is C22H20ClNO3S. The molecule has 6 heteroatoms. The maximum absolute atomic E-state index is 12.9. The van der Waals surface area contributed by atoms with Gasteiger partial charge in [0.1, 0.15) is 5.75 Å². The summed E-state index contributed by atoms with van der Waals surface area (Å²) in [6.07, 6.45) is 0. The van der Waals surface area contributed by atoms with Crippen LogP contribution in [0.1, 0.15) is 29.4 Å². The topological polar surface area (TPSA) is 48.3 Å². The Labute approximate surface area is 170 Å². The van der Waals surface area contributed by atoms with E-state index in [-0.39, 0.29) is 4.90 Å². The third kappa shape index (κ3) is 4.09. The van der Waals surface area contributed by atoms with Crippen LogP contribution in [0.2, 0.25) is 5.02 Å². The summed E-state index contributed by atoms with van der Waals surface area (Å²) in [6.45, 7) is 5.98. The lowest BCUT2D eigenvalue weighted by Crippen LogP contribution is -2.15. The Morgan fingerprint density at radius 1 is 0.929 bits per heavy atom. The fourth-order valence-corrected chi connectivity index (χ4v) is 4.65. The largest absolute Gasteiger partial charge is 0.492 e. The number of rotatable bonds is 4. The number of hydrogen-bond donors (Lipinski definition) is 0. The summed E-state index contributed by atoms with van der Waals surface area (Å²) < 4.78 is 32.5. The molecule has 144 valence electrons. The molecule has 0 N–H and O–H groups in total. The summed E-state index contributed by atoms with van der Waals surface area (Å²) >= 11 is 6.17. The highest BCUT2D eigenvalue weighted by molar-refractivity contribution is 7.90. The van der Waals surface area contributed by atoms with Crippen molar-refractivity contribution in [3.05, 3.63) is 82.1 Å². The molecule has 0 fully saturated rings. The molecule has 3 rings (SSSR count). The van der Waals surface area contributed by atoms with Crippen molar-refractivity contribution >= 4 is 21.6 Å². The molecule has 0 bridgehead atoms. The molecule has 0 aliphatic carbocycles. The van der Waals surface area contributed by atoms with Gasteiger partial charge in [0.05, 0.1) is 16.5 Å². The second-order valence-corrected chi connectivity index (χ2v) is 8.43. The van der Waals surface area contributed by atoms with E-state index in [1.54, 1.807) is 62.4 Å². The van der Waals surface area contributed by atoms with Gasteiger partial charge in [-0.25, -0.2) is 12.4 Å². The molecule has 2 aromatic carbocycles. The number of aryl methyl sites for hydroxylation is 2. The minimum absolute atomic E-state index is 0.226. The molecule has 0 atom stereocenters. The van der Waals surface area contributed by atoms with Crippen molar-refractivity contribution in [2.45, 2.75) is 25.7 Å². The van der Waals surface area contributed by atoms with Crippen molar-refractivity contribution in [1.29, 1.82) is 0 Å². The van der Waals surface area contributed by atoms with Gasteiger partial charge in [-0.2, -0.15) is 0 Å². The number of hydrogen-bond acceptors (Lipinski definition) is 3. The molecule has 0 spiro atoms. The zero-order valence-electron chi connectivity index (χ0n) is 15.9. The highest BCUT2D eigenvalue weighted by Crippen LogP contribution is 2.25. The summed E-state index contributed by atoms with van der Waals surface area (Å²) in [5, 5.41) is 0.507. The van der Waals surface area contributed by atoms with E-state index in [2.05, 4.69) is 11.8 Å². The Kier molecular flexibility index (Phi) is 5.83. The van der Waals surface area contributed by atoms with Crippen LogP contribution in [-0.2, 0) is 10.0 Å². The minimum atomic E-state index is -3.62. The van der Waals surface area contributed by atoms with Crippen LogP contribution >= 0.6 is 11.6 Å². The van der Waals surface area contributed by atoms with E-state index in [4.69, 9.17) is 16.3 Å². The highest BCUT2D eigenvalue weighted by atomic mass is 35.5. The van der Waals surface area contributed by atoms with Gasteiger partial charge in [-0.3, -0.25) is 0 Å². The number of halogens is 1. The molecule has 0 saturated heterocycles. The quantitative estimate of drug-likeness (QED) is 0.577. The van der Waals surface area contributed by atoms with Crippen molar-refractivity contribution < 1.29 is 13.2 Å². The van der Waals surface area contributed by atoms with E-state index in [0.29, 0.717) is 34.3 Å². The molecule has 0 unspecified atom stereocenters. The standard InChI is InChI=1S/C22H20ClNO3S/c1-4-27-22-14-11-19(15-21(22)23)8-7-18-9-12-20(13-10-18)28(25,26)24-16(2)5-6-17(24)3/h5-6,9-15H,4H2,1-3H3. The van der Waals surface area contributed by atoms with Gasteiger partial charge >= 0.3 is 0 Å². The first-order valence-corrected chi connectivity index (χ1v) is 10.6. The Morgan fingerprint density at radius 3 is 2.07 bits per heavy atom. The fourth-order valence-electron chi connectivity index (χ4n) is 2.85. The van der Waals surface area contributed by atoms with Gasteiger partial charge in [-0.15, -0.1) is 0 Å². The van der Waals surface area contributed by atoms with E-state index in [9.17, 15) is 8.42 Å². The number of nitrogens with zero attached hydrogens (tertiary/aromatic N) is 1. The smallest absolute Gasteiger partial charge is 0.268 e. The zero-order chi connectivity index (χ0) is 20.3. The van der Waals surface area contributed by atoms with Crippen LogP contribution in [0.3, 0.4) is 0 Å². The number of aromatic nitrogens is 1. The zero-order valence-corrected chi connectivity index (χ0v) is 17.4. The van der Waals surface area contributed by atoms with Gasteiger partial charge in [0.15, 0.2) is 0 Å². The lowest BCUT2D eigenvalue weighted by molar-refractivity contribution is 0.340. The van der Waals surface area contributed by atoms with E-state index < -0.39 is 10.0 Å². The maximum Gasteiger partial charge on any atom is 0.268 e. The highest BCUT2D eigenvalue weighted by Gasteiger charge is 2.19. The van der Waals surface area contributed by atoms with Gasteiger partial charge in [0.25, 0.3) is 10.0 Å². The average molecular weight is 414 g/mol. The van der Waals surface area contributed by atoms with E-state index >= 15 is 0 Å². The van der Waals surface area contributed by atoms with Crippen LogP contribution in [0, 0.1) is 25.7 Å². The molecule has 1 heterocycles. The third-order valence-corrected chi connectivity index (χ3v) is 6.40. The summed E-state index contributed by atoms with van der Waals surface area (Å²) in [6, 6.07) is 15.5. The third-order valence-electron chi connectivity index (χ3n) is 4.18. The molecule has 0 aliphatic rings. The molecule has 4 nitrogen and oxygen atoms in total. The second-order valence-electron chi connectivity index (χ2n) is 6.24. The summed E-state index contributed by atoms with van der Waals surface area (Å²) in [5.74, 6) is 6.68. The van der Waals surface area contributed by atoms with Crippen LogP contribution in [0.4, 0.5) is 0 Å². The first-order valence-electron chi connectivity index (χ1n) is 8.78. The van der Waals surface area contributed by atoms with E-state index in [1.165, 1.54) is 3.97 Å². The van der Waals surface area contributed by atoms with Gasteiger partial charge in [-0.1, -0.05) is 23.4 Å². The normalized spacial score (nSPS) is 11.0. The summed E-state index contributed by atoms with van der Waals surface area (Å²) in [5.41, 5.74) is 2.82. The SMILES string of the molecule is CCOc1ccc(C#Cc2ccc(S(=O)(=O)n3c(C)ccc3C)cc2)cc1Cl. The van der Waals surface area contributed by atoms with Crippen molar-refractivity contribution in [3.63, 3.8) is 0 Å². The molecule has 0 saturated carbocycles. The molecular weight excluding hydrogens is 394 g/mol. The number of ether oxygens (including phenoxy) is 1. The molecule has 0 amide bonds. The second kappa shape index (κ2) is 8.14. The van der Waals surface area contributed by atoms with Gasteiger partial charge < -0.3 is 4.74 Å². The molecule has 3 aromatic rings. The minimum Gasteiger partial charge on any atom is -0.492 e. The predicted octanol–water partition coefficient (Wildman–Crippen LogP) is 4.79. The first-order chi connectivity index (χ1) is 13.3. The monoisotopic (exact) mass is 413 g/mol. The lowest BCUT2D eigenvalue weighted by atomic mass is 10.2. The van der Waals surface area contributed by atoms with E-state index in [1.807, 2.05) is 13.0 Å². The lowest BCUT2D eigenvalue weighted by Gasteiger charge is -2.10. The van der Waals surface area contributed by atoms with Crippen LogP contribution in [0.25, 0.3) is 0 Å². The predicted molar refractivity (Wildman–Crippen MR) is 112 cm³/mol.